The van der Waals surface area contributed by atoms with Gasteiger partial charge in [-0.2, -0.15) is 4.98 Å². The van der Waals surface area contributed by atoms with E-state index in [4.69, 9.17) is 16.3 Å². The van der Waals surface area contributed by atoms with Crippen LogP contribution >= 0.6 is 11.6 Å². The summed E-state index contributed by atoms with van der Waals surface area (Å²) >= 11 is 6.39. The lowest BCUT2D eigenvalue weighted by Gasteiger charge is -2.32. The zero-order valence-electron chi connectivity index (χ0n) is 22.6. The maximum absolute atomic E-state index is 12.6. The van der Waals surface area contributed by atoms with Crippen molar-refractivity contribution in [2.75, 3.05) is 35.6 Å². The maximum Gasteiger partial charge on any atom is 0.321 e. The number of anilines is 5. The van der Waals surface area contributed by atoms with Crippen molar-refractivity contribution in [2.45, 2.75) is 32.1 Å². The molecule has 1 fully saturated rings. The minimum Gasteiger partial charge on any atom is -0.493 e. The van der Waals surface area contributed by atoms with Gasteiger partial charge in [0, 0.05) is 30.7 Å². The van der Waals surface area contributed by atoms with Crippen LogP contribution < -0.4 is 20.7 Å². The highest BCUT2D eigenvalue weighted by Gasteiger charge is 2.23. The molecule has 41 heavy (non-hydrogen) atoms. The summed E-state index contributed by atoms with van der Waals surface area (Å²) in [4.78, 5) is 27.8. The van der Waals surface area contributed by atoms with Crippen molar-refractivity contribution < 1.29 is 9.53 Å². The number of likely N-dealkylation sites (tertiary alicyclic amines) is 1. The minimum atomic E-state index is -0.0319. The summed E-state index contributed by atoms with van der Waals surface area (Å²) < 4.78 is 6.34. The average Bonchev–Trinajstić information content (AvgIpc) is 3.00. The van der Waals surface area contributed by atoms with Gasteiger partial charge in [-0.15, -0.1) is 0 Å². The van der Waals surface area contributed by atoms with E-state index in [1.165, 1.54) is 0 Å². The number of benzene rings is 2. The third kappa shape index (κ3) is 6.86. The second-order valence-electron chi connectivity index (χ2n) is 10.4. The van der Waals surface area contributed by atoms with Crippen molar-refractivity contribution in [3.05, 3.63) is 89.3 Å². The average molecular weight is 570 g/mol. The number of halogens is 1. The zero-order valence-corrected chi connectivity index (χ0v) is 23.4. The number of carbonyl (C=O) groups is 1. The molecule has 9 nitrogen and oxygen atoms in total. The fourth-order valence-electron chi connectivity index (χ4n) is 5.23. The van der Waals surface area contributed by atoms with E-state index in [1.807, 2.05) is 53.6 Å². The quantitative estimate of drug-likeness (QED) is 0.242. The van der Waals surface area contributed by atoms with Gasteiger partial charge in [-0.1, -0.05) is 29.8 Å². The van der Waals surface area contributed by atoms with Gasteiger partial charge in [0.1, 0.15) is 10.8 Å². The van der Waals surface area contributed by atoms with Crippen molar-refractivity contribution in [1.82, 2.24) is 19.9 Å². The number of hydrogen-bond acceptors (Lipinski definition) is 7. The molecule has 6 rings (SSSR count). The number of fused-ring (bicyclic) bond motifs is 6. The van der Waals surface area contributed by atoms with Crippen molar-refractivity contribution in [2.24, 2.45) is 5.92 Å². The van der Waals surface area contributed by atoms with Crippen LogP contribution in [-0.4, -0.2) is 45.6 Å². The molecule has 4 aromatic rings. The van der Waals surface area contributed by atoms with Gasteiger partial charge in [0.15, 0.2) is 5.82 Å². The number of amides is 2. The molecule has 0 radical (unpaired) electrons. The third-order valence-corrected chi connectivity index (χ3v) is 7.79. The number of aromatic nitrogens is 3. The number of nitrogens with one attached hydrogen (secondary N) is 3. The molecule has 4 heterocycles. The smallest absolute Gasteiger partial charge is 0.321 e. The topological polar surface area (TPSA) is 104 Å². The van der Waals surface area contributed by atoms with E-state index in [1.54, 1.807) is 12.4 Å². The number of rotatable bonds is 5. The van der Waals surface area contributed by atoms with Crippen LogP contribution in [0.5, 0.6) is 5.75 Å². The highest BCUT2D eigenvalue weighted by Crippen LogP contribution is 2.31. The number of piperidine rings is 1. The number of pyridine rings is 1. The van der Waals surface area contributed by atoms with Gasteiger partial charge in [-0.05, 0) is 85.5 Å². The van der Waals surface area contributed by atoms with Crippen molar-refractivity contribution in [3.63, 3.8) is 0 Å². The molecule has 2 amide bonds. The Labute approximate surface area is 244 Å². The predicted octanol–water partition coefficient (Wildman–Crippen LogP) is 6.82. The van der Waals surface area contributed by atoms with Crippen LogP contribution in [0.15, 0.2) is 73.2 Å². The summed E-state index contributed by atoms with van der Waals surface area (Å²) in [6, 6.07) is 17.7. The summed E-state index contributed by atoms with van der Waals surface area (Å²) in [6.07, 6.45) is 9.71. The molecule has 0 saturated carbocycles. The molecule has 6 bridgehead atoms. The number of aryl methyl sites for hydroxylation is 2. The van der Waals surface area contributed by atoms with E-state index >= 15 is 0 Å². The van der Waals surface area contributed by atoms with Gasteiger partial charge in [0.05, 0.1) is 24.7 Å². The number of hydrogen-bond donors (Lipinski definition) is 3. The normalized spacial score (nSPS) is 14.9. The Morgan fingerprint density at radius 2 is 1.85 bits per heavy atom. The number of para-hydroxylation sites is 1. The lowest BCUT2D eigenvalue weighted by atomic mass is 9.94. The van der Waals surface area contributed by atoms with Crippen LogP contribution in [0.1, 0.15) is 30.4 Å². The standard InChI is InChI=1S/C31H32ClN7O2/c32-27-20-34-30-36-26-16-22(18-33-19-26)6-7-23-17-25(35-29(27)38-30)8-9-28(23)41-15-12-21-10-13-39(14-11-21)31(40)37-24-4-2-1-3-5-24/h1-5,8-9,16-21H,6-7,10-15H2,(H,37,40)(H2,34,35,36,38). The molecular weight excluding hydrogens is 538 g/mol. The van der Waals surface area contributed by atoms with E-state index in [2.05, 4.69) is 43.0 Å². The van der Waals surface area contributed by atoms with E-state index in [-0.39, 0.29) is 6.03 Å². The second-order valence-corrected chi connectivity index (χ2v) is 10.8. The number of ether oxygens (including phenoxy) is 1. The van der Waals surface area contributed by atoms with Crippen LogP contribution in [-0.2, 0) is 12.8 Å². The molecule has 2 aromatic heterocycles. The summed E-state index contributed by atoms with van der Waals surface area (Å²) in [5, 5.41) is 9.96. The SMILES string of the molecule is O=C(Nc1ccccc1)N1CCC(CCOc2ccc3cc2CCc2cncc(c2)Nc2ncc(Cl)c(n2)N3)CC1. The summed E-state index contributed by atoms with van der Waals surface area (Å²) in [5.41, 5.74) is 4.73. The summed E-state index contributed by atoms with van der Waals surface area (Å²) in [6.45, 7) is 2.14. The van der Waals surface area contributed by atoms with Gasteiger partial charge < -0.3 is 25.6 Å². The molecule has 2 aliphatic heterocycles. The number of nitrogens with zero attached hydrogens (tertiary/aromatic N) is 4. The zero-order chi connectivity index (χ0) is 28.0. The molecule has 1 saturated heterocycles. The Balaban J connectivity index is 1.08. The molecule has 2 aliphatic rings. The van der Waals surface area contributed by atoms with Crippen LogP contribution in [0.2, 0.25) is 5.02 Å². The molecule has 210 valence electrons. The molecule has 0 spiro atoms. The van der Waals surface area contributed by atoms with Gasteiger partial charge in [-0.3, -0.25) is 4.98 Å². The minimum absolute atomic E-state index is 0.0319. The molecule has 0 unspecified atom stereocenters. The molecule has 0 aliphatic carbocycles. The van der Waals surface area contributed by atoms with Crippen molar-refractivity contribution in [1.29, 1.82) is 0 Å². The highest BCUT2D eigenvalue weighted by molar-refractivity contribution is 6.32. The first-order valence-electron chi connectivity index (χ1n) is 14.0. The fourth-order valence-corrected chi connectivity index (χ4v) is 5.37. The summed E-state index contributed by atoms with van der Waals surface area (Å²) in [5.74, 6) is 2.37. The Morgan fingerprint density at radius 3 is 2.71 bits per heavy atom. The number of carbonyl (C=O) groups excluding carboxylic acids is 1. The maximum atomic E-state index is 12.6. The predicted molar refractivity (Wildman–Crippen MR) is 162 cm³/mol. The van der Waals surface area contributed by atoms with Crippen LogP contribution in [0.4, 0.5) is 33.6 Å². The molecule has 0 atom stereocenters. The van der Waals surface area contributed by atoms with Crippen LogP contribution in [0.3, 0.4) is 0 Å². The largest absolute Gasteiger partial charge is 0.493 e. The monoisotopic (exact) mass is 569 g/mol. The van der Waals surface area contributed by atoms with E-state index < -0.39 is 0 Å². The van der Waals surface area contributed by atoms with Gasteiger partial charge in [0.2, 0.25) is 5.95 Å². The third-order valence-electron chi connectivity index (χ3n) is 7.51. The molecular formula is C31H32ClN7O2. The summed E-state index contributed by atoms with van der Waals surface area (Å²) in [7, 11) is 0. The van der Waals surface area contributed by atoms with Crippen LogP contribution in [0.25, 0.3) is 0 Å². The Hall–Kier alpha value is -4.37. The van der Waals surface area contributed by atoms with E-state index in [0.717, 1.165) is 79.1 Å². The van der Waals surface area contributed by atoms with Crippen molar-refractivity contribution >= 4 is 46.5 Å². The number of urea groups is 1. The van der Waals surface area contributed by atoms with E-state index in [0.29, 0.717) is 29.3 Å². The first-order chi connectivity index (χ1) is 20.1. The molecule has 3 N–H and O–H groups in total. The van der Waals surface area contributed by atoms with Gasteiger partial charge in [-0.25, -0.2) is 9.78 Å². The van der Waals surface area contributed by atoms with Gasteiger partial charge >= 0.3 is 6.03 Å². The van der Waals surface area contributed by atoms with Crippen LogP contribution in [0, 0.1) is 5.92 Å². The first-order valence-corrected chi connectivity index (χ1v) is 14.3. The Bertz CT molecular complexity index is 1510. The fraction of sp³-hybridized carbons (Fsp3) is 0.290. The second kappa shape index (κ2) is 12.4. The van der Waals surface area contributed by atoms with E-state index in [9.17, 15) is 4.79 Å². The Kier molecular flexibility index (Phi) is 8.13. The Morgan fingerprint density at radius 1 is 1.00 bits per heavy atom. The van der Waals surface area contributed by atoms with Crippen molar-refractivity contribution in [3.8, 4) is 5.75 Å². The highest BCUT2D eigenvalue weighted by atomic mass is 35.5. The van der Waals surface area contributed by atoms with Gasteiger partial charge in [0.25, 0.3) is 0 Å². The molecule has 2 aromatic carbocycles. The first kappa shape index (κ1) is 26.8. The lowest BCUT2D eigenvalue weighted by molar-refractivity contribution is 0.170. The lowest BCUT2D eigenvalue weighted by Crippen LogP contribution is -2.41. The molecule has 10 heteroatoms.